The molecule has 0 heterocycles. The minimum absolute atomic E-state index is 0. The summed E-state index contributed by atoms with van der Waals surface area (Å²) in [4.78, 5) is 16.4. The molecule has 0 radical (unpaired) electrons. The summed E-state index contributed by atoms with van der Waals surface area (Å²) in [7, 11) is 0. The molecule has 0 amide bonds. The van der Waals surface area contributed by atoms with Crippen LogP contribution in [0.15, 0.2) is 5.34 Å². The normalized spacial score (nSPS) is 3.60. The summed E-state index contributed by atoms with van der Waals surface area (Å²) in [5, 5.41) is 22.6. The van der Waals surface area contributed by atoms with Crippen LogP contribution in [0.1, 0.15) is 0 Å². The molecule has 0 fully saturated rings. The second-order valence-electron chi connectivity index (χ2n) is 0.305. The van der Waals surface area contributed by atoms with E-state index in [1.54, 1.807) is 0 Å². The summed E-state index contributed by atoms with van der Waals surface area (Å²) in [6.45, 7) is 0. The minimum atomic E-state index is -1.75. The van der Waals surface area contributed by atoms with E-state index in [-0.39, 0.29) is 49.2 Å². The van der Waals surface area contributed by atoms with Crippen LogP contribution in [0.5, 0.6) is 0 Å². The standard InChI is InChI=1S/NO3.HNO2.H3N.Na.H2S/c2-1(3)4;2-1-3;;;/h;(H,2,3);1H3;;1H2/q-1;;;+1;. The smallest absolute Gasteiger partial charge is 0.379 e. The summed E-state index contributed by atoms with van der Waals surface area (Å²) in [6, 6.07) is 0. The average molecular weight is 183 g/mol. The van der Waals surface area contributed by atoms with Crippen LogP contribution in [0.25, 0.3) is 0 Å². The zero-order chi connectivity index (χ0) is 6.28. The van der Waals surface area contributed by atoms with Crippen LogP contribution < -0.4 is 35.7 Å². The maximum atomic E-state index is 8.25. The van der Waals surface area contributed by atoms with Gasteiger partial charge in [0.25, 0.3) is 0 Å². The van der Waals surface area contributed by atoms with E-state index in [4.69, 9.17) is 25.4 Å². The molecular weight excluding hydrogens is 177 g/mol. The molecule has 0 atom stereocenters. The average Bonchev–Trinajstić information content (AvgIpc) is 1.33. The molecule has 10 heteroatoms. The Balaban J connectivity index is -0.0000000131. The third-order valence-corrected chi connectivity index (χ3v) is 0. The first kappa shape index (κ1) is 32.6. The van der Waals surface area contributed by atoms with Crippen LogP contribution in [-0.2, 0) is 0 Å². The zero-order valence-corrected chi connectivity index (χ0v) is 8.18. The first-order valence-electron chi connectivity index (χ1n) is 0.930. The summed E-state index contributed by atoms with van der Waals surface area (Å²) < 4.78 is 0. The van der Waals surface area contributed by atoms with Crippen molar-refractivity contribution in [3.8, 4) is 0 Å². The molecule has 0 saturated heterocycles. The van der Waals surface area contributed by atoms with E-state index in [0.29, 0.717) is 0 Å². The minimum Gasteiger partial charge on any atom is -0.379 e. The first-order valence-corrected chi connectivity index (χ1v) is 0.930. The van der Waals surface area contributed by atoms with Crippen LogP contribution in [0.2, 0.25) is 0 Å². The van der Waals surface area contributed by atoms with Crippen LogP contribution in [0, 0.1) is 20.2 Å². The van der Waals surface area contributed by atoms with Gasteiger partial charge in [-0.1, -0.05) is 0 Å². The summed E-state index contributed by atoms with van der Waals surface area (Å²) in [5.74, 6) is 0. The molecule has 58 valence electrons. The van der Waals surface area contributed by atoms with Crippen LogP contribution in [0.4, 0.5) is 0 Å². The second kappa shape index (κ2) is 36.5. The van der Waals surface area contributed by atoms with Gasteiger partial charge in [0, 0.05) is 0 Å². The molecule has 0 aromatic heterocycles. The van der Waals surface area contributed by atoms with Gasteiger partial charge in [-0.3, -0.25) is 0 Å². The van der Waals surface area contributed by atoms with E-state index in [0.717, 1.165) is 0 Å². The van der Waals surface area contributed by atoms with Crippen molar-refractivity contribution in [2.45, 2.75) is 0 Å². The van der Waals surface area contributed by atoms with Gasteiger partial charge in [0.15, 0.2) is 5.34 Å². The molecule has 8 nitrogen and oxygen atoms in total. The largest absolute Gasteiger partial charge is 1.00 e. The molecule has 4 N–H and O–H groups in total. The van der Waals surface area contributed by atoms with Crippen molar-refractivity contribution in [3.05, 3.63) is 20.2 Å². The van der Waals surface area contributed by atoms with Crippen LogP contribution in [-0.4, -0.2) is 10.3 Å². The fourth-order valence-corrected chi connectivity index (χ4v) is 0. The molecule has 0 saturated carbocycles. The van der Waals surface area contributed by atoms with Gasteiger partial charge >= 0.3 is 29.6 Å². The molecule has 0 bridgehead atoms. The van der Waals surface area contributed by atoms with Crippen molar-refractivity contribution in [1.29, 1.82) is 0 Å². The Kier molecular flexibility index (Phi) is 119. The molecule has 0 aliphatic carbocycles. The molecule has 0 rings (SSSR count). The van der Waals surface area contributed by atoms with Crippen molar-refractivity contribution in [3.63, 3.8) is 0 Å². The van der Waals surface area contributed by atoms with E-state index in [9.17, 15) is 0 Å². The Bertz CT molecular complexity index is 63.9. The third kappa shape index (κ3) is 46600. The third-order valence-electron chi connectivity index (χ3n) is 0. The van der Waals surface area contributed by atoms with E-state index in [2.05, 4.69) is 0 Å². The SMILES string of the molecule is N.O=NO.O=[N+]([O-])[O-].S.[Na+]. The van der Waals surface area contributed by atoms with E-state index in [1.807, 2.05) is 0 Å². The van der Waals surface area contributed by atoms with Gasteiger partial charge in [0.05, 0.1) is 5.09 Å². The summed E-state index contributed by atoms with van der Waals surface area (Å²) in [5.41, 5.74) is 0. The van der Waals surface area contributed by atoms with Crippen molar-refractivity contribution in [2.24, 2.45) is 5.34 Å². The molecule has 0 spiro atoms. The van der Waals surface area contributed by atoms with Crippen molar-refractivity contribution >= 4 is 13.5 Å². The Morgan fingerprint density at radius 3 is 1.40 bits per heavy atom. The first-order chi connectivity index (χ1) is 3.15. The second-order valence-corrected chi connectivity index (χ2v) is 0.305. The zero-order valence-electron chi connectivity index (χ0n) is 5.18. The van der Waals surface area contributed by atoms with Gasteiger partial charge in [-0.2, -0.15) is 13.5 Å². The van der Waals surface area contributed by atoms with Crippen molar-refractivity contribution in [1.82, 2.24) is 6.15 Å². The Morgan fingerprint density at radius 1 is 1.40 bits per heavy atom. The van der Waals surface area contributed by atoms with Gasteiger partial charge in [-0.25, -0.2) is 0 Å². The summed E-state index contributed by atoms with van der Waals surface area (Å²) in [6.07, 6.45) is 0. The monoisotopic (exact) mass is 183 g/mol. The molecular formula is H6N3NaO5S. The van der Waals surface area contributed by atoms with Gasteiger partial charge in [0.1, 0.15) is 0 Å². The topological polar surface area (TPSA) is 151 Å². The molecule has 0 aromatic carbocycles. The van der Waals surface area contributed by atoms with E-state index >= 15 is 0 Å². The number of hydrogen-bond acceptors (Lipinski definition) is 6. The molecule has 10 heavy (non-hydrogen) atoms. The van der Waals surface area contributed by atoms with Crippen molar-refractivity contribution < 1.29 is 39.9 Å². The number of nitrogens with zero attached hydrogens (tertiary/aromatic N) is 2. The van der Waals surface area contributed by atoms with E-state index in [1.165, 1.54) is 5.34 Å². The Labute approximate surface area is 85.0 Å². The van der Waals surface area contributed by atoms with Gasteiger partial charge < -0.3 is 26.7 Å². The maximum Gasteiger partial charge on any atom is 1.00 e. The fraction of sp³-hybridized carbons (Fsp3) is 0. The molecule has 0 unspecified atom stereocenters. The predicted octanol–water partition coefficient (Wildman–Crippen LogP) is -2.82. The van der Waals surface area contributed by atoms with E-state index < -0.39 is 5.09 Å². The molecule has 0 aliphatic rings. The Morgan fingerprint density at radius 2 is 1.40 bits per heavy atom. The van der Waals surface area contributed by atoms with Crippen LogP contribution >= 0.6 is 13.5 Å². The van der Waals surface area contributed by atoms with Crippen molar-refractivity contribution in [2.75, 3.05) is 0 Å². The van der Waals surface area contributed by atoms with Gasteiger partial charge in [-0.05, 0) is 0 Å². The quantitative estimate of drug-likeness (QED) is 0.179. The maximum absolute atomic E-state index is 8.25. The number of rotatable bonds is 0. The molecule has 0 aliphatic heterocycles. The van der Waals surface area contributed by atoms with Gasteiger partial charge in [-0.15, -0.1) is 4.91 Å². The molecule has 0 aromatic rings. The fourth-order valence-electron chi connectivity index (χ4n) is 0. The number of hydrogen-bond donors (Lipinski definition) is 2. The summed E-state index contributed by atoms with van der Waals surface area (Å²) >= 11 is 0. The predicted molar refractivity (Wildman–Crippen MR) is 33.3 cm³/mol. The Hall–Kier alpha value is -0.0900. The van der Waals surface area contributed by atoms with Gasteiger partial charge in [0.2, 0.25) is 0 Å². The van der Waals surface area contributed by atoms with Crippen LogP contribution in [0.3, 0.4) is 0 Å².